The molecule has 3 nitrogen and oxygen atoms in total. The highest BCUT2D eigenvalue weighted by Crippen LogP contribution is 2.41. The zero-order chi connectivity index (χ0) is 18.0. The van der Waals surface area contributed by atoms with Gasteiger partial charge in [-0.1, -0.05) is 19.9 Å². The summed E-state index contributed by atoms with van der Waals surface area (Å²) in [6.07, 6.45) is 0.551. The Bertz CT molecular complexity index is 729. The van der Waals surface area contributed by atoms with Crippen molar-refractivity contribution in [1.29, 1.82) is 5.26 Å². The van der Waals surface area contributed by atoms with Gasteiger partial charge in [-0.05, 0) is 37.1 Å². The monoisotopic (exact) mass is 337 g/mol. The molecule has 0 aliphatic heterocycles. The van der Waals surface area contributed by atoms with Gasteiger partial charge in [0.1, 0.15) is 11.5 Å². The van der Waals surface area contributed by atoms with Crippen LogP contribution in [0.15, 0.2) is 41.9 Å². The van der Waals surface area contributed by atoms with Crippen LogP contribution in [0.1, 0.15) is 37.8 Å². The highest BCUT2D eigenvalue weighted by Gasteiger charge is 2.35. The quantitative estimate of drug-likeness (QED) is 0.759. The van der Waals surface area contributed by atoms with E-state index in [1.807, 2.05) is 19.9 Å². The number of alkyl halides is 3. The number of halogens is 3. The van der Waals surface area contributed by atoms with Crippen LogP contribution < -0.4 is 4.74 Å². The lowest BCUT2D eigenvalue weighted by Crippen LogP contribution is -2.24. The molecule has 24 heavy (non-hydrogen) atoms. The minimum Gasteiger partial charge on any atom is -0.497 e. The summed E-state index contributed by atoms with van der Waals surface area (Å²) >= 11 is 0. The van der Waals surface area contributed by atoms with Crippen molar-refractivity contribution in [2.75, 3.05) is 7.11 Å². The highest BCUT2D eigenvalue weighted by atomic mass is 19.4. The predicted octanol–water partition coefficient (Wildman–Crippen LogP) is 5.19. The van der Waals surface area contributed by atoms with Gasteiger partial charge in [-0.25, -0.2) is 0 Å². The molecule has 0 radical (unpaired) electrons. The third kappa shape index (κ3) is 3.40. The molecule has 0 spiro atoms. The fourth-order valence-electron chi connectivity index (χ4n) is 2.67. The van der Waals surface area contributed by atoms with Crippen LogP contribution >= 0.6 is 0 Å². The van der Waals surface area contributed by atoms with E-state index in [9.17, 15) is 13.2 Å². The maximum Gasteiger partial charge on any atom is 0.417 e. The summed E-state index contributed by atoms with van der Waals surface area (Å²) in [7, 11) is 1.52. The zero-order valence-electron chi connectivity index (χ0n) is 13.7. The van der Waals surface area contributed by atoms with Gasteiger partial charge in [0.25, 0.3) is 0 Å². The number of rotatable bonds is 4. The largest absolute Gasteiger partial charge is 0.497 e. The van der Waals surface area contributed by atoms with Gasteiger partial charge in [0.2, 0.25) is 0 Å². The third-order valence-corrected chi connectivity index (χ3v) is 4.24. The summed E-state index contributed by atoms with van der Waals surface area (Å²) in [5, 5.41) is 8.84. The summed E-state index contributed by atoms with van der Waals surface area (Å²) in [6, 6.07) is 4.84. The molecule has 1 aliphatic rings. The van der Waals surface area contributed by atoms with Crippen LogP contribution in [-0.4, -0.2) is 7.11 Å². The molecule has 1 unspecified atom stereocenters. The molecule has 1 atom stereocenters. The lowest BCUT2D eigenvalue weighted by molar-refractivity contribution is -0.137. The summed E-state index contributed by atoms with van der Waals surface area (Å²) in [5.74, 6) is 0.993. The standard InChI is InChI=1S/C18H18F3NO2/c1-4-17(2)9-5-6-15(16(17)23-3)24-13-8-7-12(11-22)14(10-13)18(19,20)21/h5-8,10H,4,9H2,1-3H3. The molecule has 0 N–H and O–H groups in total. The first-order chi connectivity index (χ1) is 11.2. The number of nitriles is 1. The predicted molar refractivity (Wildman–Crippen MR) is 83.0 cm³/mol. The van der Waals surface area contributed by atoms with E-state index in [-0.39, 0.29) is 11.2 Å². The fraction of sp³-hybridized carbons (Fsp3) is 0.389. The Kier molecular flexibility index (Phi) is 4.93. The van der Waals surface area contributed by atoms with Gasteiger partial charge >= 0.3 is 6.18 Å². The minimum absolute atomic E-state index is 0.0101. The second-order valence-electron chi connectivity index (χ2n) is 5.84. The number of methoxy groups -OCH3 is 1. The number of benzene rings is 1. The van der Waals surface area contributed by atoms with Crippen LogP contribution in [-0.2, 0) is 10.9 Å². The molecule has 128 valence electrons. The number of allylic oxidation sites excluding steroid dienone is 3. The number of hydrogen-bond donors (Lipinski definition) is 0. The van der Waals surface area contributed by atoms with Crippen molar-refractivity contribution >= 4 is 0 Å². The first-order valence-corrected chi connectivity index (χ1v) is 7.49. The lowest BCUT2D eigenvalue weighted by atomic mass is 9.79. The molecular formula is C18H18F3NO2. The summed E-state index contributed by atoms with van der Waals surface area (Å²) in [4.78, 5) is 0. The molecule has 0 aromatic heterocycles. The van der Waals surface area contributed by atoms with Crippen molar-refractivity contribution in [3.63, 3.8) is 0 Å². The molecule has 0 heterocycles. The Balaban J connectivity index is 2.44. The molecule has 6 heteroatoms. The Morgan fingerprint density at radius 1 is 1.33 bits per heavy atom. The van der Waals surface area contributed by atoms with Gasteiger partial charge < -0.3 is 9.47 Å². The van der Waals surface area contributed by atoms with Crippen molar-refractivity contribution in [3.8, 4) is 11.8 Å². The molecule has 0 bridgehead atoms. The Labute approximate surface area is 139 Å². The van der Waals surface area contributed by atoms with Crippen molar-refractivity contribution in [2.45, 2.75) is 32.9 Å². The molecule has 0 amide bonds. The second kappa shape index (κ2) is 6.60. The fourth-order valence-corrected chi connectivity index (χ4v) is 2.67. The van der Waals surface area contributed by atoms with Crippen molar-refractivity contribution in [3.05, 3.63) is 53.0 Å². The Morgan fingerprint density at radius 2 is 2.04 bits per heavy atom. The Morgan fingerprint density at radius 3 is 2.58 bits per heavy atom. The van der Waals surface area contributed by atoms with E-state index < -0.39 is 17.3 Å². The molecule has 1 aromatic carbocycles. The van der Waals surface area contributed by atoms with Crippen molar-refractivity contribution in [1.82, 2.24) is 0 Å². The van der Waals surface area contributed by atoms with E-state index in [2.05, 4.69) is 0 Å². The van der Waals surface area contributed by atoms with E-state index >= 15 is 0 Å². The van der Waals surface area contributed by atoms with Gasteiger partial charge in [-0.3, -0.25) is 0 Å². The summed E-state index contributed by atoms with van der Waals surface area (Å²) in [5.41, 5.74) is -1.72. The number of nitrogens with zero attached hydrogens (tertiary/aromatic N) is 1. The van der Waals surface area contributed by atoms with Crippen LogP contribution in [0.3, 0.4) is 0 Å². The molecule has 0 saturated carbocycles. The summed E-state index contributed by atoms with van der Waals surface area (Å²) < 4.78 is 50.3. The molecular weight excluding hydrogens is 319 g/mol. The molecule has 1 aromatic rings. The lowest BCUT2D eigenvalue weighted by Gasteiger charge is -2.32. The topological polar surface area (TPSA) is 42.2 Å². The van der Waals surface area contributed by atoms with Gasteiger partial charge in [0.15, 0.2) is 5.76 Å². The minimum atomic E-state index is -4.62. The van der Waals surface area contributed by atoms with E-state index in [1.165, 1.54) is 13.2 Å². The molecule has 2 rings (SSSR count). The first-order valence-electron chi connectivity index (χ1n) is 7.49. The third-order valence-electron chi connectivity index (χ3n) is 4.24. The van der Waals surface area contributed by atoms with E-state index in [0.717, 1.165) is 25.0 Å². The van der Waals surface area contributed by atoms with Crippen LogP contribution in [0.5, 0.6) is 5.75 Å². The molecule has 0 fully saturated rings. The maximum atomic E-state index is 13.1. The van der Waals surface area contributed by atoms with E-state index in [0.29, 0.717) is 11.5 Å². The number of ether oxygens (including phenoxy) is 2. The zero-order valence-corrected chi connectivity index (χ0v) is 13.7. The summed E-state index contributed by atoms with van der Waals surface area (Å²) in [6.45, 7) is 4.03. The van der Waals surface area contributed by atoms with Crippen LogP contribution in [0.25, 0.3) is 0 Å². The van der Waals surface area contributed by atoms with Crippen molar-refractivity contribution < 1.29 is 22.6 Å². The van der Waals surface area contributed by atoms with E-state index in [1.54, 1.807) is 12.1 Å². The average molecular weight is 337 g/mol. The van der Waals surface area contributed by atoms with Gasteiger partial charge in [0.05, 0.1) is 24.3 Å². The average Bonchev–Trinajstić information content (AvgIpc) is 2.54. The van der Waals surface area contributed by atoms with E-state index in [4.69, 9.17) is 14.7 Å². The van der Waals surface area contributed by atoms with Gasteiger partial charge in [0, 0.05) is 5.41 Å². The normalized spacial score (nSPS) is 20.7. The maximum absolute atomic E-state index is 13.1. The van der Waals surface area contributed by atoms with Crippen LogP contribution in [0, 0.1) is 16.7 Å². The van der Waals surface area contributed by atoms with Crippen LogP contribution in [0.2, 0.25) is 0 Å². The van der Waals surface area contributed by atoms with Crippen molar-refractivity contribution in [2.24, 2.45) is 5.41 Å². The highest BCUT2D eigenvalue weighted by molar-refractivity contribution is 5.45. The number of hydrogen-bond acceptors (Lipinski definition) is 3. The first kappa shape index (κ1) is 17.9. The van der Waals surface area contributed by atoms with Crippen LogP contribution in [0.4, 0.5) is 13.2 Å². The second-order valence-corrected chi connectivity index (χ2v) is 5.84. The smallest absolute Gasteiger partial charge is 0.417 e. The Hall–Kier alpha value is -2.42. The van der Waals surface area contributed by atoms with Gasteiger partial charge in [-0.2, -0.15) is 18.4 Å². The molecule has 1 aliphatic carbocycles. The van der Waals surface area contributed by atoms with Gasteiger partial charge in [-0.15, -0.1) is 0 Å². The molecule has 0 saturated heterocycles. The SMILES string of the molecule is CCC1(C)CC=CC(Oc2ccc(C#N)c(C(F)(F)F)c2)=C1OC.